The number of halogens is 6. The number of alkyl halides is 6. The van der Waals surface area contributed by atoms with Gasteiger partial charge in [-0.15, -0.1) is 0 Å². The topological polar surface area (TPSA) is 35.5 Å². The predicted molar refractivity (Wildman–Crippen MR) is 86.7 cm³/mol. The van der Waals surface area contributed by atoms with Crippen molar-refractivity contribution < 1.29 is 40.9 Å². The largest absolute Gasteiger partial charge is 0.417 e. The predicted octanol–water partition coefficient (Wildman–Crippen LogP) is 5.44. The molecule has 1 saturated heterocycles. The maximum absolute atomic E-state index is 13.3. The van der Waals surface area contributed by atoms with E-state index in [-0.39, 0.29) is 30.1 Å². The minimum absolute atomic E-state index is 0.0188. The van der Waals surface area contributed by atoms with Crippen LogP contribution in [0.1, 0.15) is 43.4 Å². The first kappa shape index (κ1) is 20.9. The minimum atomic E-state index is -4.97. The van der Waals surface area contributed by atoms with Crippen molar-refractivity contribution in [1.29, 1.82) is 0 Å². The SMILES string of the molecule is C[C@H]1C(=O)C[C@@H]2C[C@H]1OO[C@]2(C)/C=C\c1ccc(C(F)(F)F)cc1C(F)(F)F. The average molecular weight is 408 g/mol. The van der Waals surface area contributed by atoms with E-state index < -0.39 is 40.7 Å². The molecule has 0 spiro atoms. The molecule has 0 N–H and O–H groups in total. The maximum Gasteiger partial charge on any atom is 0.417 e. The summed E-state index contributed by atoms with van der Waals surface area (Å²) >= 11 is 0. The molecular weight excluding hydrogens is 390 g/mol. The lowest BCUT2D eigenvalue weighted by Gasteiger charge is -2.45. The van der Waals surface area contributed by atoms with Gasteiger partial charge in [-0.25, -0.2) is 9.78 Å². The number of hydrogen-bond donors (Lipinski definition) is 0. The van der Waals surface area contributed by atoms with Crippen LogP contribution in [0, 0.1) is 11.8 Å². The highest BCUT2D eigenvalue weighted by atomic mass is 19.4. The third-order valence-electron chi connectivity index (χ3n) is 5.47. The summed E-state index contributed by atoms with van der Waals surface area (Å²) in [6.45, 7) is 3.30. The smallest absolute Gasteiger partial charge is 0.299 e. The molecule has 154 valence electrons. The van der Waals surface area contributed by atoms with E-state index in [1.165, 1.54) is 6.08 Å². The number of carbonyl (C=O) groups is 1. The summed E-state index contributed by atoms with van der Waals surface area (Å²) < 4.78 is 78.2. The van der Waals surface area contributed by atoms with Crippen LogP contribution in [0.25, 0.3) is 6.08 Å². The monoisotopic (exact) mass is 408 g/mol. The van der Waals surface area contributed by atoms with Gasteiger partial charge in [0, 0.05) is 18.3 Å². The first-order chi connectivity index (χ1) is 12.8. The lowest BCUT2D eigenvalue weighted by molar-refractivity contribution is -0.415. The highest BCUT2D eigenvalue weighted by molar-refractivity contribution is 5.82. The van der Waals surface area contributed by atoms with Crippen LogP contribution in [0.2, 0.25) is 0 Å². The molecule has 28 heavy (non-hydrogen) atoms. The van der Waals surface area contributed by atoms with Gasteiger partial charge in [-0.2, -0.15) is 26.3 Å². The zero-order valence-corrected chi connectivity index (χ0v) is 15.0. The highest BCUT2D eigenvalue weighted by Crippen LogP contribution is 2.44. The van der Waals surface area contributed by atoms with E-state index in [1.807, 2.05) is 0 Å². The van der Waals surface area contributed by atoms with Gasteiger partial charge in [0.15, 0.2) is 0 Å². The van der Waals surface area contributed by atoms with Crippen molar-refractivity contribution in [2.24, 2.45) is 11.8 Å². The molecule has 1 aliphatic carbocycles. The van der Waals surface area contributed by atoms with Crippen molar-refractivity contribution in [2.45, 2.75) is 50.7 Å². The van der Waals surface area contributed by atoms with Gasteiger partial charge in [-0.1, -0.05) is 19.1 Å². The van der Waals surface area contributed by atoms with Crippen molar-refractivity contribution in [1.82, 2.24) is 0 Å². The summed E-state index contributed by atoms with van der Waals surface area (Å²) in [6.07, 6.45) is -7.18. The lowest BCUT2D eigenvalue weighted by Crippen LogP contribution is -2.52. The van der Waals surface area contributed by atoms with Crippen LogP contribution in [0.4, 0.5) is 26.3 Å². The molecule has 2 fully saturated rings. The van der Waals surface area contributed by atoms with Gasteiger partial charge >= 0.3 is 12.4 Å². The van der Waals surface area contributed by atoms with E-state index in [9.17, 15) is 31.1 Å². The Balaban J connectivity index is 1.92. The first-order valence-corrected chi connectivity index (χ1v) is 8.66. The molecule has 1 aromatic carbocycles. The molecule has 9 heteroatoms. The van der Waals surface area contributed by atoms with Crippen LogP contribution in [-0.2, 0) is 26.9 Å². The summed E-state index contributed by atoms with van der Waals surface area (Å²) in [5, 5.41) is 0. The third-order valence-corrected chi connectivity index (χ3v) is 5.47. The molecule has 1 aliphatic heterocycles. The number of carbonyl (C=O) groups excluding carboxylic acids is 1. The molecule has 1 saturated carbocycles. The molecule has 2 bridgehead atoms. The summed E-state index contributed by atoms with van der Waals surface area (Å²) in [7, 11) is 0. The van der Waals surface area contributed by atoms with E-state index in [1.54, 1.807) is 13.8 Å². The molecule has 2 aliphatic rings. The lowest BCUT2D eigenvalue weighted by atomic mass is 9.71. The molecule has 0 aromatic heterocycles. The van der Waals surface area contributed by atoms with Crippen molar-refractivity contribution in [3.63, 3.8) is 0 Å². The minimum Gasteiger partial charge on any atom is -0.299 e. The van der Waals surface area contributed by atoms with Crippen LogP contribution in [0.3, 0.4) is 0 Å². The van der Waals surface area contributed by atoms with E-state index in [0.29, 0.717) is 12.5 Å². The Morgan fingerprint density at radius 1 is 1.14 bits per heavy atom. The van der Waals surface area contributed by atoms with Gasteiger partial charge in [0.1, 0.15) is 17.5 Å². The quantitative estimate of drug-likeness (QED) is 0.483. The van der Waals surface area contributed by atoms with Crippen LogP contribution in [0.5, 0.6) is 0 Å². The summed E-state index contributed by atoms with van der Waals surface area (Å²) in [5.74, 6) is -0.638. The van der Waals surface area contributed by atoms with Gasteiger partial charge < -0.3 is 0 Å². The fourth-order valence-corrected chi connectivity index (χ4v) is 3.54. The normalized spacial score (nSPS) is 31.4. The third kappa shape index (κ3) is 3.96. The second-order valence-corrected chi connectivity index (χ2v) is 7.42. The zero-order chi connectivity index (χ0) is 20.9. The standard InChI is InChI=1S/C19H18F6O3/c1-10-15(26)8-13-9-16(10)27-28-17(13,2)6-5-11-3-4-12(18(20,21)22)7-14(11)19(23,24)25/h3-7,10,13,16H,8-9H2,1-2H3/b6-5-/t10-,13+,16+,17+/m0/s1. The van der Waals surface area contributed by atoms with Crippen molar-refractivity contribution >= 4 is 11.9 Å². The Kier molecular flexibility index (Phi) is 5.12. The molecule has 4 atom stereocenters. The van der Waals surface area contributed by atoms with Crippen molar-refractivity contribution in [2.75, 3.05) is 0 Å². The Morgan fingerprint density at radius 2 is 1.82 bits per heavy atom. The van der Waals surface area contributed by atoms with Crippen LogP contribution in [0.15, 0.2) is 24.3 Å². The Labute approximate surface area is 157 Å². The summed E-state index contributed by atoms with van der Waals surface area (Å²) in [5.41, 5.74) is -4.37. The Bertz CT molecular complexity index is 798. The number of benzene rings is 1. The highest BCUT2D eigenvalue weighted by Gasteiger charge is 2.49. The van der Waals surface area contributed by atoms with E-state index in [4.69, 9.17) is 9.78 Å². The number of hydrogen-bond acceptors (Lipinski definition) is 3. The first-order valence-electron chi connectivity index (χ1n) is 8.66. The van der Waals surface area contributed by atoms with Gasteiger partial charge in [0.25, 0.3) is 0 Å². The fourth-order valence-electron chi connectivity index (χ4n) is 3.54. The Morgan fingerprint density at radius 3 is 2.43 bits per heavy atom. The summed E-state index contributed by atoms with van der Waals surface area (Å²) in [4.78, 5) is 22.7. The van der Waals surface area contributed by atoms with E-state index in [0.717, 1.165) is 12.1 Å². The van der Waals surface area contributed by atoms with Crippen molar-refractivity contribution in [3.8, 4) is 0 Å². The van der Waals surface area contributed by atoms with Crippen LogP contribution >= 0.6 is 0 Å². The number of ketones is 1. The Hall–Kier alpha value is -1.87. The molecule has 0 unspecified atom stereocenters. The second-order valence-electron chi connectivity index (χ2n) is 7.42. The molecule has 1 aromatic rings. The van der Waals surface area contributed by atoms with E-state index >= 15 is 0 Å². The molecule has 0 amide bonds. The molecular formula is C19H18F6O3. The van der Waals surface area contributed by atoms with Gasteiger partial charge in [0.05, 0.1) is 11.1 Å². The van der Waals surface area contributed by atoms with Gasteiger partial charge in [0.2, 0.25) is 0 Å². The van der Waals surface area contributed by atoms with Gasteiger partial charge in [-0.05, 0) is 37.1 Å². The fraction of sp³-hybridized carbons (Fsp3) is 0.526. The molecule has 3 rings (SSSR count). The van der Waals surface area contributed by atoms with Crippen LogP contribution < -0.4 is 0 Å². The number of fused-ring (bicyclic) bond motifs is 2. The molecule has 0 radical (unpaired) electrons. The van der Waals surface area contributed by atoms with E-state index in [2.05, 4.69) is 0 Å². The number of rotatable bonds is 2. The number of Topliss-reactive ketones (excluding diaryl/α,β-unsaturated/α-hetero) is 1. The zero-order valence-electron chi connectivity index (χ0n) is 15.0. The van der Waals surface area contributed by atoms with Gasteiger partial charge in [-0.3, -0.25) is 4.79 Å². The molecule has 1 heterocycles. The molecule has 3 nitrogen and oxygen atoms in total. The maximum atomic E-state index is 13.3. The summed E-state index contributed by atoms with van der Waals surface area (Å²) in [6, 6.07) is 1.45. The second kappa shape index (κ2) is 6.88. The average Bonchev–Trinajstić information content (AvgIpc) is 2.59. The van der Waals surface area contributed by atoms with Crippen LogP contribution in [-0.4, -0.2) is 17.5 Å². The van der Waals surface area contributed by atoms with Crippen molar-refractivity contribution in [3.05, 3.63) is 41.0 Å².